The van der Waals surface area contributed by atoms with Crippen LogP contribution in [-0.2, 0) is 0 Å². The molecule has 8 heteroatoms. The monoisotopic (exact) mass is 238 g/mol. The second-order valence-electron chi connectivity index (χ2n) is 2.60. The van der Waals surface area contributed by atoms with Gasteiger partial charge in [-0.3, -0.25) is 14.9 Å². The lowest BCUT2D eigenvalue weighted by Crippen LogP contribution is -1.85. The Morgan fingerprint density at radius 3 is 3.00 bits per heavy atom. The van der Waals surface area contributed by atoms with E-state index in [1.807, 2.05) is 0 Å². The molecule has 0 saturated carbocycles. The summed E-state index contributed by atoms with van der Waals surface area (Å²) in [6.45, 7) is 0.111. The first kappa shape index (κ1) is 11.9. The van der Waals surface area contributed by atoms with Gasteiger partial charge in [-0.15, -0.1) is 0 Å². The van der Waals surface area contributed by atoms with E-state index in [-0.39, 0.29) is 16.4 Å². The number of nitrogens with zero attached hydrogens (tertiary/aromatic N) is 4. The van der Waals surface area contributed by atoms with Crippen molar-refractivity contribution in [1.82, 2.24) is 0 Å². The SMILES string of the molecule is [N-]=[N+]=NCC=Cc1cc(C=O)sc1[N+](=O)[O-]. The Morgan fingerprint density at radius 2 is 2.44 bits per heavy atom. The predicted octanol–water partition coefficient (Wildman–Crippen LogP) is 2.79. The van der Waals surface area contributed by atoms with Crippen LogP contribution in [0.3, 0.4) is 0 Å². The molecule has 0 amide bonds. The van der Waals surface area contributed by atoms with Gasteiger partial charge in [-0.05, 0) is 11.6 Å². The molecule has 7 nitrogen and oxygen atoms in total. The fraction of sp³-hybridized carbons (Fsp3) is 0.125. The molecule has 0 radical (unpaired) electrons. The lowest BCUT2D eigenvalue weighted by molar-refractivity contribution is -0.380. The van der Waals surface area contributed by atoms with E-state index >= 15 is 0 Å². The third-order valence-electron chi connectivity index (χ3n) is 1.59. The zero-order valence-electron chi connectivity index (χ0n) is 7.94. The molecule has 1 rings (SSSR count). The van der Waals surface area contributed by atoms with Crippen LogP contribution in [0, 0.1) is 10.1 Å². The first-order valence-corrected chi connectivity index (χ1v) is 4.91. The summed E-state index contributed by atoms with van der Waals surface area (Å²) in [7, 11) is 0. The molecule has 0 bridgehead atoms. The van der Waals surface area contributed by atoms with Gasteiger partial charge in [0, 0.05) is 11.5 Å². The summed E-state index contributed by atoms with van der Waals surface area (Å²) in [5, 5.41) is 13.8. The van der Waals surface area contributed by atoms with Crippen molar-refractivity contribution in [3.05, 3.63) is 43.1 Å². The molecule has 0 saturated heterocycles. The Kier molecular flexibility index (Phi) is 4.19. The third kappa shape index (κ3) is 2.91. The van der Waals surface area contributed by atoms with Crippen molar-refractivity contribution < 1.29 is 9.72 Å². The maximum Gasteiger partial charge on any atom is 0.331 e. The highest BCUT2D eigenvalue weighted by Crippen LogP contribution is 2.30. The average Bonchev–Trinajstić information content (AvgIpc) is 2.68. The molecule has 0 aliphatic rings. The molecule has 0 fully saturated rings. The van der Waals surface area contributed by atoms with Gasteiger partial charge in [0.1, 0.15) is 0 Å². The summed E-state index contributed by atoms with van der Waals surface area (Å²) in [6, 6.07) is 1.42. The number of nitro groups is 1. The minimum Gasteiger partial charge on any atom is -0.297 e. The highest BCUT2D eigenvalue weighted by Gasteiger charge is 2.16. The fourth-order valence-electron chi connectivity index (χ4n) is 0.999. The molecule has 0 aromatic carbocycles. The van der Waals surface area contributed by atoms with Gasteiger partial charge in [0.15, 0.2) is 6.29 Å². The predicted molar refractivity (Wildman–Crippen MR) is 59.4 cm³/mol. The number of aldehydes is 1. The van der Waals surface area contributed by atoms with Crippen molar-refractivity contribution in [2.24, 2.45) is 5.11 Å². The third-order valence-corrected chi connectivity index (χ3v) is 2.62. The minimum absolute atomic E-state index is 0.0979. The van der Waals surface area contributed by atoms with E-state index < -0.39 is 4.92 Å². The van der Waals surface area contributed by atoms with Crippen LogP contribution in [0.1, 0.15) is 15.2 Å². The number of rotatable bonds is 5. The van der Waals surface area contributed by atoms with Crippen LogP contribution in [0.5, 0.6) is 0 Å². The number of azide groups is 1. The van der Waals surface area contributed by atoms with Gasteiger partial charge in [-0.2, -0.15) is 0 Å². The van der Waals surface area contributed by atoms with Crippen LogP contribution in [0.15, 0.2) is 17.3 Å². The quantitative estimate of drug-likeness (QED) is 0.196. The van der Waals surface area contributed by atoms with Gasteiger partial charge >= 0.3 is 5.00 Å². The normalized spacial score (nSPS) is 10.0. The molecule has 0 aliphatic heterocycles. The van der Waals surface area contributed by atoms with Crippen LogP contribution >= 0.6 is 11.3 Å². The van der Waals surface area contributed by atoms with Crippen molar-refractivity contribution in [2.45, 2.75) is 0 Å². The topological polar surface area (TPSA) is 109 Å². The lowest BCUT2D eigenvalue weighted by atomic mass is 10.2. The Hall–Kier alpha value is -2.18. The second-order valence-corrected chi connectivity index (χ2v) is 3.66. The molecule has 0 atom stereocenters. The fourth-order valence-corrected chi connectivity index (χ4v) is 1.78. The number of thiophene rings is 1. The zero-order chi connectivity index (χ0) is 12.0. The van der Waals surface area contributed by atoms with Gasteiger partial charge < -0.3 is 0 Å². The molecule has 1 aromatic heterocycles. The zero-order valence-corrected chi connectivity index (χ0v) is 8.75. The van der Waals surface area contributed by atoms with E-state index in [0.717, 1.165) is 11.3 Å². The largest absolute Gasteiger partial charge is 0.331 e. The lowest BCUT2D eigenvalue weighted by Gasteiger charge is -1.86. The summed E-state index contributed by atoms with van der Waals surface area (Å²) in [6.07, 6.45) is 3.50. The standard InChI is InChI=1S/C8H6N4O3S/c9-11-10-3-1-2-6-4-7(5-13)16-8(6)12(14)15/h1-2,4-5H,3H2. The highest BCUT2D eigenvalue weighted by molar-refractivity contribution is 7.17. The van der Waals surface area contributed by atoms with Gasteiger partial charge in [0.2, 0.25) is 0 Å². The van der Waals surface area contributed by atoms with Crippen LogP contribution in [0.2, 0.25) is 0 Å². The van der Waals surface area contributed by atoms with Gasteiger partial charge in [0.25, 0.3) is 0 Å². The maximum absolute atomic E-state index is 10.6. The summed E-state index contributed by atoms with van der Waals surface area (Å²) in [4.78, 5) is 23.4. The van der Waals surface area contributed by atoms with E-state index in [4.69, 9.17) is 5.53 Å². The summed E-state index contributed by atoms with van der Waals surface area (Å²) < 4.78 is 0. The van der Waals surface area contributed by atoms with Gasteiger partial charge in [0.05, 0.1) is 15.4 Å². The Balaban J connectivity index is 2.97. The minimum atomic E-state index is -0.551. The number of carbonyl (C=O) groups is 1. The molecular formula is C8H6N4O3S. The van der Waals surface area contributed by atoms with Crippen molar-refractivity contribution in [3.8, 4) is 0 Å². The molecule has 1 aromatic rings. The molecule has 0 spiro atoms. The van der Waals surface area contributed by atoms with Crippen molar-refractivity contribution in [1.29, 1.82) is 0 Å². The Morgan fingerprint density at radius 1 is 1.69 bits per heavy atom. The maximum atomic E-state index is 10.6. The van der Waals surface area contributed by atoms with E-state index in [9.17, 15) is 14.9 Å². The molecule has 0 unspecified atom stereocenters. The van der Waals surface area contributed by atoms with Crippen LogP contribution in [0.4, 0.5) is 5.00 Å². The van der Waals surface area contributed by atoms with Crippen LogP contribution in [0.25, 0.3) is 16.5 Å². The molecule has 82 valence electrons. The molecule has 0 N–H and O–H groups in total. The van der Waals surface area contributed by atoms with Crippen molar-refractivity contribution in [3.63, 3.8) is 0 Å². The van der Waals surface area contributed by atoms with Gasteiger partial charge in [-0.25, -0.2) is 0 Å². The van der Waals surface area contributed by atoms with E-state index in [2.05, 4.69) is 10.0 Å². The Bertz CT molecular complexity index is 487. The molecule has 0 aliphatic carbocycles. The van der Waals surface area contributed by atoms with Crippen molar-refractivity contribution >= 4 is 28.7 Å². The summed E-state index contributed by atoms with van der Waals surface area (Å²) in [5.41, 5.74) is 8.36. The van der Waals surface area contributed by atoms with Crippen molar-refractivity contribution in [2.75, 3.05) is 6.54 Å². The highest BCUT2D eigenvalue weighted by atomic mass is 32.1. The molecule has 16 heavy (non-hydrogen) atoms. The van der Waals surface area contributed by atoms with E-state index in [1.165, 1.54) is 18.2 Å². The van der Waals surface area contributed by atoms with Gasteiger partial charge in [-0.1, -0.05) is 28.6 Å². The number of hydrogen-bond acceptors (Lipinski definition) is 5. The first-order valence-electron chi connectivity index (χ1n) is 4.10. The van der Waals surface area contributed by atoms with E-state index in [1.54, 1.807) is 0 Å². The summed E-state index contributed by atoms with van der Waals surface area (Å²) >= 11 is 0.810. The summed E-state index contributed by atoms with van der Waals surface area (Å²) in [5.74, 6) is 0. The van der Waals surface area contributed by atoms with Crippen LogP contribution < -0.4 is 0 Å². The first-order chi connectivity index (χ1) is 7.69. The second kappa shape index (κ2) is 5.64. The Labute approximate surface area is 93.8 Å². The number of hydrogen-bond donors (Lipinski definition) is 0. The molecular weight excluding hydrogens is 232 g/mol. The van der Waals surface area contributed by atoms with Crippen LogP contribution in [-0.4, -0.2) is 17.8 Å². The smallest absolute Gasteiger partial charge is 0.297 e. The molecule has 1 heterocycles. The number of carbonyl (C=O) groups excluding carboxylic acids is 1. The average molecular weight is 238 g/mol. The van der Waals surface area contributed by atoms with E-state index in [0.29, 0.717) is 11.8 Å².